The van der Waals surface area contributed by atoms with Crippen LogP contribution in [0.5, 0.6) is 5.75 Å². The van der Waals surface area contributed by atoms with E-state index in [-0.39, 0.29) is 5.75 Å². The van der Waals surface area contributed by atoms with Crippen LogP contribution in [0.3, 0.4) is 0 Å². The van der Waals surface area contributed by atoms with Gasteiger partial charge in [0, 0.05) is 29.0 Å². The maximum atomic E-state index is 9.77. The van der Waals surface area contributed by atoms with Crippen LogP contribution in [-0.2, 0) is 0 Å². The van der Waals surface area contributed by atoms with Crippen LogP contribution in [0, 0.1) is 0 Å². The minimum absolute atomic E-state index is 0.224. The predicted octanol–water partition coefficient (Wildman–Crippen LogP) is 3.36. The second kappa shape index (κ2) is 3.79. The van der Waals surface area contributed by atoms with E-state index in [1.54, 1.807) is 24.3 Å². The van der Waals surface area contributed by atoms with E-state index in [2.05, 4.69) is 4.98 Å². The number of rotatable bonds is 1. The third-order valence-corrected chi connectivity index (χ3v) is 2.84. The SMILES string of the molecule is Oc1ccccc1-c1cn2ccc(Cl)cc2n1. The van der Waals surface area contributed by atoms with Crippen LogP contribution < -0.4 is 0 Å². The first-order valence-electron chi connectivity index (χ1n) is 5.17. The lowest BCUT2D eigenvalue weighted by atomic mass is 10.1. The van der Waals surface area contributed by atoms with E-state index in [1.807, 2.05) is 28.9 Å². The second-order valence-corrected chi connectivity index (χ2v) is 4.19. The van der Waals surface area contributed by atoms with Crippen LogP contribution in [0.25, 0.3) is 16.9 Å². The van der Waals surface area contributed by atoms with Gasteiger partial charge in [0.05, 0.1) is 5.69 Å². The lowest BCUT2D eigenvalue weighted by Crippen LogP contribution is -1.79. The number of nitrogens with zero attached hydrogens (tertiary/aromatic N) is 2. The number of halogens is 1. The number of imidazole rings is 1. The van der Waals surface area contributed by atoms with Crippen LogP contribution in [0.15, 0.2) is 48.8 Å². The lowest BCUT2D eigenvalue weighted by Gasteiger charge is -1.98. The minimum Gasteiger partial charge on any atom is -0.507 e. The summed E-state index contributed by atoms with van der Waals surface area (Å²) >= 11 is 5.90. The Hall–Kier alpha value is -2.00. The lowest BCUT2D eigenvalue weighted by molar-refractivity contribution is 0.477. The molecule has 0 radical (unpaired) electrons. The van der Waals surface area contributed by atoms with Crippen LogP contribution in [0.1, 0.15) is 0 Å². The standard InChI is InChI=1S/C13H9ClN2O/c14-9-5-6-16-8-11(15-13(16)7-9)10-3-1-2-4-12(10)17/h1-8,17H. The highest BCUT2D eigenvalue weighted by molar-refractivity contribution is 6.30. The molecule has 0 aliphatic heterocycles. The largest absolute Gasteiger partial charge is 0.507 e. The number of hydrogen-bond acceptors (Lipinski definition) is 2. The van der Waals surface area contributed by atoms with Crippen molar-refractivity contribution in [3.8, 4) is 17.0 Å². The molecule has 3 nitrogen and oxygen atoms in total. The van der Waals surface area contributed by atoms with Gasteiger partial charge < -0.3 is 9.51 Å². The molecule has 0 aliphatic rings. The number of hydrogen-bond donors (Lipinski definition) is 1. The fourth-order valence-electron chi connectivity index (χ4n) is 1.78. The molecule has 0 saturated heterocycles. The Morgan fingerprint density at radius 3 is 2.82 bits per heavy atom. The second-order valence-electron chi connectivity index (χ2n) is 3.75. The van der Waals surface area contributed by atoms with E-state index in [1.165, 1.54) is 0 Å². The molecule has 0 amide bonds. The van der Waals surface area contributed by atoms with E-state index >= 15 is 0 Å². The van der Waals surface area contributed by atoms with E-state index in [4.69, 9.17) is 11.6 Å². The quantitative estimate of drug-likeness (QED) is 0.713. The van der Waals surface area contributed by atoms with Gasteiger partial charge in [0.2, 0.25) is 0 Å². The van der Waals surface area contributed by atoms with Crippen LogP contribution in [0.4, 0.5) is 0 Å². The van der Waals surface area contributed by atoms with Crippen molar-refractivity contribution in [3.05, 3.63) is 53.8 Å². The fraction of sp³-hybridized carbons (Fsp3) is 0. The Labute approximate surface area is 103 Å². The smallest absolute Gasteiger partial charge is 0.138 e. The Kier molecular flexibility index (Phi) is 2.27. The average molecular weight is 245 g/mol. The van der Waals surface area contributed by atoms with Crippen LogP contribution in [0.2, 0.25) is 5.02 Å². The van der Waals surface area contributed by atoms with Gasteiger partial charge in [0.25, 0.3) is 0 Å². The molecule has 3 aromatic rings. The summed E-state index contributed by atoms with van der Waals surface area (Å²) in [5.41, 5.74) is 2.20. The average Bonchev–Trinajstić information content (AvgIpc) is 2.72. The predicted molar refractivity (Wildman–Crippen MR) is 67.3 cm³/mol. The van der Waals surface area contributed by atoms with Gasteiger partial charge >= 0.3 is 0 Å². The zero-order valence-electron chi connectivity index (χ0n) is 8.84. The highest BCUT2D eigenvalue weighted by Crippen LogP contribution is 2.28. The zero-order chi connectivity index (χ0) is 11.8. The highest BCUT2D eigenvalue weighted by atomic mass is 35.5. The molecule has 0 saturated carbocycles. The Bertz CT molecular complexity index is 691. The first-order chi connectivity index (χ1) is 8.24. The summed E-state index contributed by atoms with van der Waals surface area (Å²) in [5, 5.41) is 10.4. The monoisotopic (exact) mass is 244 g/mol. The Morgan fingerprint density at radius 2 is 2.00 bits per heavy atom. The number of phenols is 1. The van der Waals surface area contributed by atoms with Gasteiger partial charge in [-0.1, -0.05) is 23.7 Å². The van der Waals surface area contributed by atoms with Gasteiger partial charge in [0.1, 0.15) is 11.4 Å². The van der Waals surface area contributed by atoms with Gasteiger partial charge in [-0.3, -0.25) is 0 Å². The molecule has 0 unspecified atom stereocenters. The molecule has 0 fully saturated rings. The molecule has 1 N–H and O–H groups in total. The van der Waals surface area contributed by atoms with Gasteiger partial charge in [-0.15, -0.1) is 0 Å². The fourth-order valence-corrected chi connectivity index (χ4v) is 1.93. The molecule has 2 heterocycles. The van der Waals surface area contributed by atoms with E-state index in [0.717, 1.165) is 11.3 Å². The number of fused-ring (bicyclic) bond motifs is 1. The summed E-state index contributed by atoms with van der Waals surface area (Å²) in [6, 6.07) is 10.7. The normalized spacial score (nSPS) is 10.9. The van der Waals surface area contributed by atoms with Crippen LogP contribution in [-0.4, -0.2) is 14.5 Å². The number of benzene rings is 1. The van der Waals surface area contributed by atoms with Crippen molar-refractivity contribution in [1.82, 2.24) is 9.38 Å². The summed E-state index contributed by atoms with van der Waals surface area (Å²) < 4.78 is 1.87. The molecule has 84 valence electrons. The third kappa shape index (κ3) is 1.74. The maximum absolute atomic E-state index is 9.77. The molecular weight excluding hydrogens is 236 g/mol. The summed E-state index contributed by atoms with van der Waals surface area (Å²) in [7, 11) is 0. The van der Waals surface area contributed by atoms with Gasteiger partial charge in [-0.2, -0.15) is 0 Å². The van der Waals surface area contributed by atoms with Gasteiger partial charge in [-0.25, -0.2) is 4.98 Å². The third-order valence-electron chi connectivity index (χ3n) is 2.60. The molecule has 0 atom stereocenters. The van der Waals surface area contributed by atoms with Crippen molar-refractivity contribution >= 4 is 17.2 Å². The molecule has 17 heavy (non-hydrogen) atoms. The number of para-hydroxylation sites is 1. The summed E-state index contributed by atoms with van der Waals surface area (Å²) in [6.07, 6.45) is 3.70. The number of phenolic OH excluding ortho intramolecular Hbond substituents is 1. The van der Waals surface area contributed by atoms with Gasteiger partial charge in [-0.05, 0) is 18.2 Å². The number of aromatic nitrogens is 2. The molecule has 4 heteroatoms. The van der Waals surface area contributed by atoms with E-state index in [9.17, 15) is 5.11 Å². The van der Waals surface area contributed by atoms with Crippen molar-refractivity contribution in [2.75, 3.05) is 0 Å². The molecule has 1 aromatic carbocycles. The van der Waals surface area contributed by atoms with Crippen molar-refractivity contribution in [1.29, 1.82) is 0 Å². The summed E-state index contributed by atoms with van der Waals surface area (Å²) in [6.45, 7) is 0. The maximum Gasteiger partial charge on any atom is 0.138 e. The van der Waals surface area contributed by atoms with E-state index in [0.29, 0.717) is 10.6 Å². The van der Waals surface area contributed by atoms with Gasteiger partial charge in [0.15, 0.2) is 0 Å². The Morgan fingerprint density at radius 1 is 1.18 bits per heavy atom. The number of pyridine rings is 1. The molecule has 2 aromatic heterocycles. The molecule has 0 spiro atoms. The molecule has 0 bridgehead atoms. The zero-order valence-corrected chi connectivity index (χ0v) is 9.59. The van der Waals surface area contributed by atoms with Crippen molar-refractivity contribution in [2.24, 2.45) is 0 Å². The van der Waals surface area contributed by atoms with Crippen molar-refractivity contribution in [3.63, 3.8) is 0 Å². The van der Waals surface area contributed by atoms with Crippen molar-refractivity contribution in [2.45, 2.75) is 0 Å². The van der Waals surface area contributed by atoms with Crippen molar-refractivity contribution < 1.29 is 5.11 Å². The minimum atomic E-state index is 0.224. The summed E-state index contributed by atoms with van der Waals surface area (Å²) in [5.74, 6) is 0.224. The molecule has 3 rings (SSSR count). The Balaban J connectivity index is 2.22. The number of aromatic hydroxyl groups is 1. The van der Waals surface area contributed by atoms with Crippen LogP contribution >= 0.6 is 11.6 Å². The molecular formula is C13H9ClN2O. The topological polar surface area (TPSA) is 37.5 Å². The molecule has 0 aliphatic carbocycles. The first-order valence-corrected chi connectivity index (χ1v) is 5.54. The van der Waals surface area contributed by atoms with E-state index < -0.39 is 0 Å². The highest BCUT2D eigenvalue weighted by Gasteiger charge is 2.07. The summed E-state index contributed by atoms with van der Waals surface area (Å²) in [4.78, 5) is 4.42. The first kappa shape index (κ1) is 10.2.